The monoisotopic (exact) mass is 290 g/mol. The van der Waals surface area contributed by atoms with Crippen LogP contribution in [0.4, 0.5) is 5.69 Å². The van der Waals surface area contributed by atoms with Gasteiger partial charge >= 0.3 is 0 Å². The van der Waals surface area contributed by atoms with Crippen LogP contribution >= 0.6 is 11.6 Å². The van der Waals surface area contributed by atoms with E-state index in [0.29, 0.717) is 5.69 Å². The normalized spacial score (nSPS) is 13.1. The Balaban J connectivity index is 2.82. The Kier molecular flexibility index (Phi) is 5.13. The van der Waals surface area contributed by atoms with Crippen LogP contribution in [-0.2, 0) is 14.8 Å². The number of hydrogen-bond donors (Lipinski definition) is 2. The van der Waals surface area contributed by atoms with E-state index >= 15 is 0 Å². The zero-order chi connectivity index (χ0) is 13.8. The van der Waals surface area contributed by atoms with Crippen LogP contribution in [0.15, 0.2) is 29.2 Å². The zero-order valence-corrected chi connectivity index (χ0v) is 11.7. The quantitative estimate of drug-likeness (QED) is 0.805. The van der Waals surface area contributed by atoms with E-state index in [1.807, 2.05) is 0 Å². The van der Waals surface area contributed by atoms with Gasteiger partial charge in [0.05, 0.1) is 4.90 Å². The van der Waals surface area contributed by atoms with Crippen LogP contribution < -0.4 is 10.0 Å². The fourth-order valence-corrected chi connectivity index (χ4v) is 2.04. The van der Waals surface area contributed by atoms with E-state index in [-0.39, 0.29) is 22.6 Å². The fourth-order valence-electron chi connectivity index (χ4n) is 1.17. The maximum absolute atomic E-state index is 11.6. The molecule has 0 saturated carbocycles. The first-order valence-corrected chi connectivity index (χ1v) is 7.33. The Morgan fingerprint density at radius 2 is 1.89 bits per heavy atom. The highest BCUT2D eigenvalue weighted by Crippen LogP contribution is 2.14. The summed E-state index contributed by atoms with van der Waals surface area (Å²) >= 11 is 5.57. The third-order valence-electron chi connectivity index (χ3n) is 2.38. The van der Waals surface area contributed by atoms with Gasteiger partial charge in [0.25, 0.3) is 0 Å². The Hall–Kier alpha value is -1.11. The average Bonchev–Trinajstić information content (AvgIpc) is 2.38. The summed E-state index contributed by atoms with van der Waals surface area (Å²) in [6, 6.07) is 5.91. The predicted molar refractivity (Wildman–Crippen MR) is 71.2 cm³/mol. The van der Waals surface area contributed by atoms with Gasteiger partial charge in [-0.25, -0.2) is 13.1 Å². The van der Waals surface area contributed by atoms with Gasteiger partial charge in [0.2, 0.25) is 15.9 Å². The number of alkyl halides is 1. The van der Waals surface area contributed by atoms with Gasteiger partial charge in [0, 0.05) is 17.5 Å². The number of hydrogen-bond acceptors (Lipinski definition) is 3. The molecule has 0 saturated heterocycles. The fraction of sp³-hybridized carbons (Fsp3) is 0.364. The molecule has 1 rings (SSSR count). The van der Waals surface area contributed by atoms with Crippen molar-refractivity contribution in [1.82, 2.24) is 4.72 Å². The molecule has 0 radical (unpaired) electrons. The lowest BCUT2D eigenvalue weighted by atomic mass is 10.2. The van der Waals surface area contributed by atoms with Crippen molar-refractivity contribution < 1.29 is 13.2 Å². The average molecular weight is 291 g/mol. The number of nitrogens with one attached hydrogen (secondary N) is 2. The van der Waals surface area contributed by atoms with E-state index < -0.39 is 10.0 Å². The smallest absolute Gasteiger partial charge is 0.240 e. The minimum atomic E-state index is -3.45. The number of amides is 1. The zero-order valence-electron chi connectivity index (χ0n) is 10.1. The molecule has 1 amide bonds. The Morgan fingerprint density at radius 1 is 1.33 bits per heavy atom. The van der Waals surface area contributed by atoms with Gasteiger partial charge in [-0.1, -0.05) is 6.92 Å². The topological polar surface area (TPSA) is 75.3 Å². The van der Waals surface area contributed by atoms with Crippen molar-refractivity contribution >= 4 is 33.2 Å². The van der Waals surface area contributed by atoms with E-state index in [1.165, 1.54) is 31.3 Å². The Labute approximate surface area is 112 Å². The molecule has 0 aliphatic rings. The number of rotatable bonds is 5. The highest BCUT2D eigenvalue weighted by atomic mass is 35.5. The van der Waals surface area contributed by atoms with Gasteiger partial charge in [-0.3, -0.25) is 4.79 Å². The molecule has 1 aromatic rings. The summed E-state index contributed by atoms with van der Waals surface area (Å²) in [7, 11) is -2.11. The minimum absolute atomic E-state index is 0.147. The summed E-state index contributed by atoms with van der Waals surface area (Å²) in [5, 5.41) is 2.65. The molecule has 5 nitrogen and oxygen atoms in total. The lowest BCUT2D eigenvalue weighted by molar-refractivity contribution is -0.118. The molecule has 1 atom stereocenters. The van der Waals surface area contributed by atoms with Gasteiger partial charge in [0.1, 0.15) is 0 Å². The van der Waals surface area contributed by atoms with Crippen molar-refractivity contribution in [3.63, 3.8) is 0 Å². The van der Waals surface area contributed by atoms with E-state index in [0.717, 1.165) is 0 Å². The second-order valence-electron chi connectivity index (χ2n) is 3.78. The SMILES string of the molecule is CNS(=O)(=O)c1ccc(NC(=O)C(C)CCl)cc1. The summed E-state index contributed by atoms with van der Waals surface area (Å²) in [6.45, 7) is 1.71. The molecule has 7 heteroatoms. The molecule has 0 spiro atoms. The molecule has 0 aliphatic heterocycles. The van der Waals surface area contributed by atoms with Crippen molar-refractivity contribution in [2.75, 3.05) is 18.2 Å². The molecule has 2 N–H and O–H groups in total. The standard InChI is InChI=1S/C11H15ClN2O3S/c1-8(7-12)11(15)14-9-3-5-10(6-4-9)18(16,17)13-2/h3-6,8,13H,7H2,1-2H3,(H,14,15). The highest BCUT2D eigenvalue weighted by molar-refractivity contribution is 7.89. The third kappa shape index (κ3) is 3.69. The molecule has 1 unspecified atom stereocenters. The van der Waals surface area contributed by atoms with E-state index in [1.54, 1.807) is 6.92 Å². The predicted octanol–water partition coefficient (Wildman–Crippen LogP) is 1.41. The summed E-state index contributed by atoms with van der Waals surface area (Å²) < 4.78 is 25.2. The Bertz CT molecular complexity index is 514. The second-order valence-corrected chi connectivity index (χ2v) is 5.97. The van der Waals surface area contributed by atoms with Crippen LogP contribution in [0.3, 0.4) is 0 Å². The van der Waals surface area contributed by atoms with E-state index in [4.69, 9.17) is 11.6 Å². The summed E-state index contributed by atoms with van der Waals surface area (Å²) in [5.74, 6) is -0.264. The molecule has 100 valence electrons. The van der Waals surface area contributed by atoms with Crippen molar-refractivity contribution in [2.24, 2.45) is 5.92 Å². The summed E-state index contributed by atoms with van der Waals surface area (Å²) in [6.07, 6.45) is 0. The van der Waals surface area contributed by atoms with Crippen molar-refractivity contribution in [3.8, 4) is 0 Å². The van der Waals surface area contributed by atoms with Crippen LogP contribution in [0.1, 0.15) is 6.92 Å². The lowest BCUT2D eigenvalue weighted by Gasteiger charge is -2.09. The van der Waals surface area contributed by atoms with Gasteiger partial charge < -0.3 is 5.32 Å². The molecule has 0 bridgehead atoms. The number of sulfonamides is 1. The maximum Gasteiger partial charge on any atom is 0.240 e. The molecule has 1 aromatic carbocycles. The van der Waals surface area contributed by atoms with Crippen LogP contribution in [0, 0.1) is 5.92 Å². The maximum atomic E-state index is 11.6. The van der Waals surface area contributed by atoms with Crippen molar-refractivity contribution in [2.45, 2.75) is 11.8 Å². The second kappa shape index (κ2) is 6.17. The number of anilines is 1. The van der Waals surface area contributed by atoms with Crippen LogP contribution in [0.2, 0.25) is 0 Å². The molecular formula is C11H15ClN2O3S. The number of carbonyl (C=O) groups excluding carboxylic acids is 1. The molecule has 18 heavy (non-hydrogen) atoms. The van der Waals surface area contributed by atoms with Crippen molar-refractivity contribution in [1.29, 1.82) is 0 Å². The minimum Gasteiger partial charge on any atom is -0.326 e. The number of carbonyl (C=O) groups is 1. The first-order valence-electron chi connectivity index (χ1n) is 5.31. The molecule has 0 aliphatic carbocycles. The summed E-state index contributed by atoms with van der Waals surface area (Å²) in [4.78, 5) is 11.7. The van der Waals surface area contributed by atoms with Gasteiger partial charge in [-0.15, -0.1) is 11.6 Å². The van der Waals surface area contributed by atoms with Crippen LogP contribution in [0.25, 0.3) is 0 Å². The first kappa shape index (κ1) is 14.9. The number of halogens is 1. The summed E-state index contributed by atoms with van der Waals surface area (Å²) in [5.41, 5.74) is 0.534. The molecular weight excluding hydrogens is 276 g/mol. The molecule has 0 fully saturated rings. The number of benzene rings is 1. The lowest BCUT2D eigenvalue weighted by Crippen LogP contribution is -2.21. The van der Waals surface area contributed by atoms with Crippen molar-refractivity contribution in [3.05, 3.63) is 24.3 Å². The largest absolute Gasteiger partial charge is 0.326 e. The Morgan fingerprint density at radius 3 is 2.33 bits per heavy atom. The van der Waals surface area contributed by atoms with Gasteiger partial charge in [-0.2, -0.15) is 0 Å². The molecule has 0 heterocycles. The molecule has 0 aromatic heterocycles. The third-order valence-corrected chi connectivity index (χ3v) is 4.27. The van der Waals surface area contributed by atoms with Gasteiger partial charge in [-0.05, 0) is 31.3 Å². The van der Waals surface area contributed by atoms with Gasteiger partial charge in [0.15, 0.2) is 0 Å². The first-order chi connectivity index (χ1) is 8.40. The highest BCUT2D eigenvalue weighted by Gasteiger charge is 2.13. The van der Waals surface area contributed by atoms with E-state index in [2.05, 4.69) is 10.0 Å². The van der Waals surface area contributed by atoms with Crippen LogP contribution in [-0.4, -0.2) is 27.3 Å². The van der Waals surface area contributed by atoms with Crippen LogP contribution in [0.5, 0.6) is 0 Å². The van der Waals surface area contributed by atoms with E-state index in [9.17, 15) is 13.2 Å².